The number of thiazole rings is 1. The molecule has 0 amide bonds. The van der Waals surface area contributed by atoms with Gasteiger partial charge in [-0.05, 0) is 43.3 Å². The van der Waals surface area contributed by atoms with Crippen molar-refractivity contribution < 1.29 is 0 Å². The average molecular weight is 425 g/mol. The Morgan fingerprint density at radius 3 is 2.50 bits per heavy atom. The Hall–Kier alpha value is -2.44. The molecule has 0 atom stereocenters. The zero-order chi connectivity index (χ0) is 17.9. The molecule has 6 heteroatoms. The topological polar surface area (TPSA) is 34.0 Å². The predicted octanol–water partition coefficient (Wildman–Crippen LogP) is 5.92. The second-order valence-electron chi connectivity index (χ2n) is 5.75. The predicted molar refractivity (Wildman–Crippen MR) is 111 cm³/mol. The highest BCUT2D eigenvalue weighted by molar-refractivity contribution is 9.10. The van der Waals surface area contributed by atoms with Gasteiger partial charge in [0, 0.05) is 45.7 Å². The molecule has 4 nitrogen and oxygen atoms in total. The van der Waals surface area contributed by atoms with Gasteiger partial charge >= 0.3 is 0 Å². The second kappa shape index (κ2) is 7.43. The van der Waals surface area contributed by atoms with Gasteiger partial charge in [0.1, 0.15) is 0 Å². The van der Waals surface area contributed by atoms with Crippen molar-refractivity contribution in [2.75, 3.05) is 11.4 Å². The van der Waals surface area contributed by atoms with E-state index < -0.39 is 0 Å². The smallest absolute Gasteiger partial charge is 0.190 e. The third kappa shape index (κ3) is 3.43. The van der Waals surface area contributed by atoms with Crippen LogP contribution in [-0.4, -0.2) is 21.1 Å². The molecule has 0 aliphatic heterocycles. The Morgan fingerprint density at radius 2 is 1.85 bits per heavy atom. The molecule has 2 heterocycles. The average Bonchev–Trinajstić information content (AvgIpc) is 3.36. The van der Waals surface area contributed by atoms with Gasteiger partial charge in [0.15, 0.2) is 5.13 Å². The molecule has 0 N–H and O–H groups in total. The fourth-order valence-electron chi connectivity index (χ4n) is 2.79. The zero-order valence-electron chi connectivity index (χ0n) is 14.2. The molecule has 26 heavy (non-hydrogen) atoms. The van der Waals surface area contributed by atoms with Gasteiger partial charge in [-0.15, -0.1) is 11.3 Å². The van der Waals surface area contributed by atoms with E-state index in [2.05, 4.69) is 86.6 Å². The quantitative estimate of drug-likeness (QED) is 0.398. The summed E-state index contributed by atoms with van der Waals surface area (Å²) in [6, 6.07) is 16.7. The van der Waals surface area contributed by atoms with Crippen LogP contribution in [0.1, 0.15) is 6.92 Å². The standard InChI is InChI=1S/C20H17BrN4S/c1-2-25(18-9-5-16(21)6-10-18)20-23-19(13-26-20)15-3-7-17(8-4-15)24-12-11-22-14-24/h3-14H,2H2,1H3. The van der Waals surface area contributed by atoms with Crippen LogP contribution in [0.3, 0.4) is 0 Å². The largest absolute Gasteiger partial charge is 0.318 e. The van der Waals surface area contributed by atoms with Gasteiger partial charge in [-0.25, -0.2) is 9.97 Å². The number of hydrogen-bond donors (Lipinski definition) is 0. The molecule has 0 aliphatic rings. The normalized spacial score (nSPS) is 10.8. The molecule has 2 aromatic heterocycles. The van der Waals surface area contributed by atoms with Gasteiger partial charge in [0.2, 0.25) is 0 Å². The van der Waals surface area contributed by atoms with Crippen molar-refractivity contribution in [2.24, 2.45) is 0 Å². The summed E-state index contributed by atoms with van der Waals surface area (Å²) in [5, 5.41) is 3.12. The van der Waals surface area contributed by atoms with E-state index in [0.29, 0.717) is 0 Å². The maximum absolute atomic E-state index is 4.86. The summed E-state index contributed by atoms with van der Waals surface area (Å²) in [7, 11) is 0. The van der Waals surface area contributed by atoms with Crippen LogP contribution in [0.5, 0.6) is 0 Å². The van der Waals surface area contributed by atoms with Crippen molar-refractivity contribution in [1.82, 2.24) is 14.5 Å². The van der Waals surface area contributed by atoms with Gasteiger partial charge < -0.3 is 9.47 Å². The molecule has 0 bridgehead atoms. The van der Waals surface area contributed by atoms with Crippen LogP contribution >= 0.6 is 27.3 Å². The third-order valence-electron chi connectivity index (χ3n) is 4.14. The number of benzene rings is 2. The van der Waals surface area contributed by atoms with Crippen molar-refractivity contribution in [1.29, 1.82) is 0 Å². The highest BCUT2D eigenvalue weighted by atomic mass is 79.9. The van der Waals surface area contributed by atoms with Crippen molar-refractivity contribution >= 4 is 38.1 Å². The van der Waals surface area contributed by atoms with Crippen LogP contribution in [0.15, 0.2) is 77.1 Å². The van der Waals surface area contributed by atoms with E-state index in [1.807, 2.05) is 10.8 Å². The molecule has 0 radical (unpaired) electrons. The molecular weight excluding hydrogens is 408 g/mol. The lowest BCUT2D eigenvalue weighted by molar-refractivity contribution is 1.01. The Morgan fingerprint density at radius 1 is 1.08 bits per heavy atom. The highest BCUT2D eigenvalue weighted by Crippen LogP contribution is 2.32. The molecule has 0 aliphatic carbocycles. The summed E-state index contributed by atoms with van der Waals surface area (Å²) in [6.45, 7) is 3.01. The highest BCUT2D eigenvalue weighted by Gasteiger charge is 2.13. The number of hydrogen-bond acceptors (Lipinski definition) is 4. The summed E-state index contributed by atoms with van der Waals surface area (Å²) in [6.07, 6.45) is 5.52. The van der Waals surface area contributed by atoms with Gasteiger partial charge in [-0.1, -0.05) is 28.1 Å². The van der Waals surface area contributed by atoms with E-state index >= 15 is 0 Å². The molecular formula is C20H17BrN4S. The SMILES string of the molecule is CCN(c1ccc(Br)cc1)c1nc(-c2ccc(-n3ccnc3)cc2)cs1. The fraction of sp³-hybridized carbons (Fsp3) is 0.100. The number of halogens is 1. The Balaban J connectivity index is 1.59. The lowest BCUT2D eigenvalue weighted by Gasteiger charge is -2.19. The number of anilines is 2. The van der Waals surface area contributed by atoms with Crippen molar-refractivity contribution in [3.63, 3.8) is 0 Å². The number of aromatic nitrogens is 3. The van der Waals surface area contributed by atoms with Crippen LogP contribution in [-0.2, 0) is 0 Å². The van der Waals surface area contributed by atoms with Crippen LogP contribution in [0.25, 0.3) is 16.9 Å². The second-order valence-corrected chi connectivity index (χ2v) is 7.51. The summed E-state index contributed by atoms with van der Waals surface area (Å²) in [4.78, 5) is 11.2. The van der Waals surface area contributed by atoms with E-state index in [-0.39, 0.29) is 0 Å². The van der Waals surface area contributed by atoms with E-state index in [9.17, 15) is 0 Å². The summed E-state index contributed by atoms with van der Waals surface area (Å²) in [5.41, 5.74) is 4.35. The third-order valence-corrected chi connectivity index (χ3v) is 5.54. The van der Waals surface area contributed by atoms with Gasteiger partial charge in [0.25, 0.3) is 0 Å². The number of imidazole rings is 1. The van der Waals surface area contributed by atoms with Crippen molar-refractivity contribution in [2.45, 2.75) is 6.92 Å². The van der Waals surface area contributed by atoms with Crippen LogP contribution in [0.4, 0.5) is 10.8 Å². The van der Waals surface area contributed by atoms with Crippen molar-refractivity contribution in [3.8, 4) is 16.9 Å². The summed E-state index contributed by atoms with van der Waals surface area (Å²) >= 11 is 5.16. The first-order valence-electron chi connectivity index (χ1n) is 8.32. The Bertz CT molecular complexity index is 976. The molecule has 4 rings (SSSR count). The first kappa shape index (κ1) is 17.0. The molecule has 2 aromatic carbocycles. The molecule has 0 fully saturated rings. The first-order chi connectivity index (χ1) is 12.7. The minimum Gasteiger partial charge on any atom is -0.318 e. The van der Waals surface area contributed by atoms with Crippen LogP contribution < -0.4 is 4.90 Å². The van der Waals surface area contributed by atoms with E-state index in [0.717, 1.165) is 38.8 Å². The molecule has 0 saturated carbocycles. The van der Waals surface area contributed by atoms with Gasteiger partial charge in [-0.3, -0.25) is 0 Å². The number of nitrogens with zero attached hydrogens (tertiary/aromatic N) is 4. The van der Waals surface area contributed by atoms with E-state index in [1.165, 1.54) is 0 Å². The van der Waals surface area contributed by atoms with Crippen molar-refractivity contribution in [3.05, 3.63) is 77.1 Å². The molecule has 0 spiro atoms. The Labute approximate surface area is 164 Å². The maximum atomic E-state index is 4.86. The minimum absolute atomic E-state index is 0.869. The maximum Gasteiger partial charge on any atom is 0.190 e. The van der Waals surface area contributed by atoms with Gasteiger partial charge in [-0.2, -0.15) is 0 Å². The molecule has 4 aromatic rings. The zero-order valence-corrected chi connectivity index (χ0v) is 16.6. The van der Waals surface area contributed by atoms with E-state index in [4.69, 9.17) is 4.98 Å². The molecule has 0 saturated heterocycles. The van der Waals surface area contributed by atoms with Crippen LogP contribution in [0.2, 0.25) is 0 Å². The Kier molecular flexibility index (Phi) is 4.86. The van der Waals surface area contributed by atoms with E-state index in [1.54, 1.807) is 23.9 Å². The first-order valence-corrected chi connectivity index (χ1v) is 9.99. The fourth-order valence-corrected chi connectivity index (χ4v) is 3.97. The summed E-state index contributed by atoms with van der Waals surface area (Å²) in [5.74, 6) is 0. The number of rotatable bonds is 5. The summed E-state index contributed by atoms with van der Waals surface area (Å²) < 4.78 is 3.07. The monoisotopic (exact) mass is 424 g/mol. The minimum atomic E-state index is 0.869. The molecule has 0 unspecified atom stereocenters. The van der Waals surface area contributed by atoms with Crippen LogP contribution in [0, 0.1) is 0 Å². The van der Waals surface area contributed by atoms with Gasteiger partial charge in [0.05, 0.1) is 12.0 Å². The lowest BCUT2D eigenvalue weighted by Crippen LogP contribution is -2.15. The lowest BCUT2D eigenvalue weighted by atomic mass is 10.1. The molecule has 130 valence electrons.